The number of rotatable bonds is 7. The molecule has 1 saturated heterocycles. The molecule has 1 aromatic rings. The SMILES string of the molecule is CCNC(=O)COc1ccc(CNC(=NC)N2CCC3(CCCCC3)C2)cc1OC. The molecule has 1 saturated carbocycles. The molecular weight excluding hydrogens is 380 g/mol. The molecule has 2 N–H and O–H groups in total. The number of hydrogen-bond acceptors (Lipinski definition) is 4. The second kappa shape index (κ2) is 10.5. The summed E-state index contributed by atoms with van der Waals surface area (Å²) in [5.74, 6) is 2.01. The van der Waals surface area contributed by atoms with Crippen molar-refractivity contribution in [2.75, 3.05) is 40.4 Å². The maximum absolute atomic E-state index is 11.6. The molecule has 2 aliphatic rings. The van der Waals surface area contributed by atoms with Crippen LogP contribution in [0.1, 0.15) is 51.0 Å². The Morgan fingerprint density at radius 2 is 1.97 bits per heavy atom. The van der Waals surface area contributed by atoms with Gasteiger partial charge in [0.15, 0.2) is 24.1 Å². The number of likely N-dealkylation sites (tertiary alicyclic amines) is 1. The molecule has 1 spiro atoms. The predicted octanol–water partition coefficient (Wildman–Crippen LogP) is 2.94. The normalized spacial score (nSPS) is 18.4. The summed E-state index contributed by atoms with van der Waals surface area (Å²) in [6, 6.07) is 5.78. The topological polar surface area (TPSA) is 75.2 Å². The lowest BCUT2D eigenvalue weighted by atomic mass is 9.73. The average molecular weight is 417 g/mol. The van der Waals surface area contributed by atoms with E-state index in [4.69, 9.17) is 9.47 Å². The van der Waals surface area contributed by atoms with Gasteiger partial charge < -0.3 is 25.0 Å². The number of guanidine groups is 1. The maximum Gasteiger partial charge on any atom is 0.257 e. The number of nitrogens with one attached hydrogen (secondary N) is 2. The minimum Gasteiger partial charge on any atom is -0.493 e. The number of amides is 1. The van der Waals surface area contributed by atoms with E-state index >= 15 is 0 Å². The molecule has 1 aliphatic carbocycles. The molecule has 0 aromatic heterocycles. The molecule has 0 radical (unpaired) electrons. The van der Waals surface area contributed by atoms with Crippen molar-refractivity contribution in [2.24, 2.45) is 10.4 Å². The number of hydrogen-bond donors (Lipinski definition) is 2. The van der Waals surface area contributed by atoms with Crippen LogP contribution in [0, 0.1) is 5.41 Å². The third-order valence-electron chi connectivity index (χ3n) is 6.28. The molecule has 1 aromatic carbocycles. The van der Waals surface area contributed by atoms with Crippen LogP contribution in [0.2, 0.25) is 0 Å². The Bertz CT molecular complexity index is 744. The van der Waals surface area contributed by atoms with Gasteiger partial charge in [-0.2, -0.15) is 0 Å². The number of carbonyl (C=O) groups excluding carboxylic acids is 1. The van der Waals surface area contributed by atoms with E-state index in [2.05, 4.69) is 20.5 Å². The first-order valence-corrected chi connectivity index (χ1v) is 11.1. The molecule has 1 aliphatic heterocycles. The van der Waals surface area contributed by atoms with E-state index < -0.39 is 0 Å². The quantitative estimate of drug-likeness (QED) is 0.528. The van der Waals surface area contributed by atoms with E-state index in [9.17, 15) is 4.79 Å². The van der Waals surface area contributed by atoms with Crippen molar-refractivity contribution in [1.29, 1.82) is 0 Å². The number of nitrogens with zero attached hydrogens (tertiary/aromatic N) is 2. The van der Waals surface area contributed by atoms with E-state index in [1.807, 2.05) is 32.2 Å². The minimum absolute atomic E-state index is 0.0227. The standard InChI is InChI=1S/C23H36N4O3/c1-4-25-21(28)16-30-19-9-8-18(14-20(19)29-3)15-26-22(24-2)27-13-12-23(17-27)10-6-5-7-11-23/h8-9,14H,4-7,10-13,15-17H2,1-3H3,(H,24,26)(H,25,28). The Morgan fingerprint density at radius 3 is 2.67 bits per heavy atom. The Kier molecular flexibility index (Phi) is 7.82. The second-order valence-corrected chi connectivity index (χ2v) is 8.36. The van der Waals surface area contributed by atoms with Crippen molar-refractivity contribution in [3.05, 3.63) is 23.8 Å². The highest BCUT2D eigenvalue weighted by Gasteiger charge is 2.39. The molecule has 1 heterocycles. The van der Waals surface area contributed by atoms with Crippen LogP contribution in [-0.4, -0.2) is 57.2 Å². The molecule has 1 amide bonds. The van der Waals surface area contributed by atoms with E-state index in [0.29, 0.717) is 30.0 Å². The van der Waals surface area contributed by atoms with Gasteiger partial charge in [-0.3, -0.25) is 9.79 Å². The molecule has 0 atom stereocenters. The molecule has 166 valence electrons. The molecule has 2 fully saturated rings. The van der Waals surface area contributed by atoms with Crippen LogP contribution in [0.15, 0.2) is 23.2 Å². The Morgan fingerprint density at radius 1 is 1.17 bits per heavy atom. The maximum atomic E-state index is 11.6. The summed E-state index contributed by atoms with van der Waals surface area (Å²) < 4.78 is 11.1. The van der Waals surface area contributed by atoms with E-state index in [1.165, 1.54) is 38.5 Å². The summed E-state index contributed by atoms with van der Waals surface area (Å²) in [4.78, 5) is 18.6. The summed E-state index contributed by atoms with van der Waals surface area (Å²) in [7, 11) is 3.46. The monoisotopic (exact) mass is 416 g/mol. The first-order chi connectivity index (χ1) is 14.6. The van der Waals surface area contributed by atoms with Gasteiger partial charge in [0.25, 0.3) is 5.91 Å². The van der Waals surface area contributed by atoms with Crippen LogP contribution in [0.4, 0.5) is 0 Å². The smallest absolute Gasteiger partial charge is 0.257 e. The molecule has 7 nitrogen and oxygen atoms in total. The largest absolute Gasteiger partial charge is 0.493 e. The van der Waals surface area contributed by atoms with Crippen LogP contribution >= 0.6 is 0 Å². The van der Waals surface area contributed by atoms with Crippen LogP contribution < -0.4 is 20.1 Å². The third kappa shape index (κ3) is 5.58. The zero-order valence-corrected chi connectivity index (χ0v) is 18.6. The lowest BCUT2D eigenvalue weighted by Gasteiger charge is -2.33. The molecule has 0 bridgehead atoms. The summed E-state index contributed by atoms with van der Waals surface area (Å²) >= 11 is 0. The summed E-state index contributed by atoms with van der Waals surface area (Å²) in [6.07, 6.45) is 8.12. The van der Waals surface area contributed by atoms with E-state index in [1.54, 1.807) is 7.11 Å². The highest BCUT2D eigenvalue weighted by Crippen LogP contribution is 2.43. The van der Waals surface area contributed by atoms with Gasteiger partial charge in [0.1, 0.15) is 0 Å². The van der Waals surface area contributed by atoms with Crippen molar-refractivity contribution in [3.8, 4) is 11.5 Å². The first-order valence-electron chi connectivity index (χ1n) is 11.1. The number of benzene rings is 1. The highest BCUT2D eigenvalue weighted by atomic mass is 16.5. The molecule has 0 unspecified atom stereocenters. The Balaban J connectivity index is 1.56. The second-order valence-electron chi connectivity index (χ2n) is 8.36. The fraction of sp³-hybridized carbons (Fsp3) is 0.652. The van der Waals surface area contributed by atoms with Crippen LogP contribution in [0.3, 0.4) is 0 Å². The minimum atomic E-state index is -0.143. The third-order valence-corrected chi connectivity index (χ3v) is 6.28. The van der Waals surface area contributed by atoms with Gasteiger partial charge in [-0.1, -0.05) is 25.3 Å². The summed E-state index contributed by atoms with van der Waals surface area (Å²) in [5, 5.41) is 6.22. The number of carbonyl (C=O) groups is 1. The fourth-order valence-electron chi connectivity index (χ4n) is 4.67. The van der Waals surface area contributed by atoms with Gasteiger partial charge in [-0.15, -0.1) is 0 Å². The summed E-state index contributed by atoms with van der Waals surface area (Å²) in [5.41, 5.74) is 1.58. The lowest BCUT2D eigenvalue weighted by Crippen LogP contribution is -2.41. The highest BCUT2D eigenvalue weighted by molar-refractivity contribution is 5.80. The number of aliphatic imine (C=N–C) groups is 1. The first kappa shape index (κ1) is 22.2. The lowest BCUT2D eigenvalue weighted by molar-refractivity contribution is -0.123. The average Bonchev–Trinajstić information content (AvgIpc) is 3.16. The van der Waals surface area contributed by atoms with Gasteiger partial charge in [0, 0.05) is 33.2 Å². The van der Waals surface area contributed by atoms with Gasteiger partial charge in [-0.25, -0.2) is 0 Å². The Hall–Kier alpha value is -2.44. The Labute approximate surface area is 180 Å². The number of methoxy groups -OCH3 is 1. The zero-order chi connectivity index (χ0) is 21.4. The van der Waals surface area contributed by atoms with Crippen molar-refractivity contribution in [1.82, 2.24) is 15.5 Å². The van der Waals surface area contributed by atoms with Crippen molar-refractivity contribution in [2.45, 2.75) is 52.0 Å². The van der Waals surface area contributed by atoms with E-state index in [-0.39, 0.29) is 12.5 Å². The van der Waals surface area contributed by atoms with Crippen molar-refractivity contribution >= 4 is 11.9 Å². The van der Waals surface area contributed by atoms with Gasteiger partial charge in [0.2, 0.25) is 0 Å². The molecular formula is C23H36N4O3. The molecule has 3 rings (SSSR count). The van der Waals surface area contributed by atoms with Crippen LogP contribution in [0.5, 0.6) is 11.5 Å². The predicted molar refractivity (Wildman–Crippen MR) is 119 cm³/mol. The van der Waals surface area contributed by atoms with Crippen LogP contribution in [0.25, 0.3) is 0 Å². The van der Waals surface area contributed by atoms with Gasteiger partial charge >= 0.3 is 0 Å². The van der Waals surface area contributed by atoms with E-state index in [0.717, 1.165) is 24.6 Å². The fourth-order valence-corrected chi connectivity index (χ4v) is 4.67. The van der Waals surface area contributed by atoms with Crippen LogP contribution in [-0.2, 0) is 11.3 Å². The van der Waals surface area contributed by atoms with Gasteiger partial charge in [-0.05, 0) is 49.3 Å². The number of likely N-dealkylation sites (N-methyl/N-ethyl adjacent to an activating group) is 1. The molecule has 30 heavy (non-hydrogen) atoms. The van der Waals surface area contributed by atoms with Crippen molar-refractivity contribution in [3.63, 3.8) is 0 Å². The van der Waals surface area contributed by atoms with Gasteiger partial charge in [0.05, 0.1) is 7.11 Å². The molecule has 7 heteroatoms. The zero-order valence-electron chi connectivity index (χ0n) is 18.6. The van der Waals surface area contributed by atoms with Crippen molar-refractivity contribution < 1.29 is 14.3 Å². The summed E-state index contributed by atoms with van der Waals surface area (Å²) in [6.45, 7) is 5.29. The number of ether oxygens (including phenoxy) is 2.